The summed E-state index contributed by atoms with van der Waals surface area (Å²) < 4.78 is 5.30. The van der Waals surface area contributed by atoms with E-state index in [9.17, 15) is 0 Å². The Hall–Kier alpha value is -0.860. The summed E-state index contributed by atoms with van der Waals surface area (Å²) in [4.78, 5) is 9.18. The molecule has 6 heteroatoms. The lowest BCUT2D eigenvalue weighted by Crippen LogP contribution is -2.40. The first-order valence-electron chi connectivity index (χ1n) is 9.26. The number of hydrogen-bond donors (Lipinski definition) is 1. The zero-order valence-electron chi connectivity index (χ0n) is 16.9. The fraction of sp³-hybridized carbons (Fsp3) is 0.650. The van der Waals surface area contributed by atoms with E-state index in [2.05, 4.69) is 65.3 Å². The van der Waals surface area contributed by atoms with Gasteiger partial charge in [0.15, 0.2) is 5.96 Å². The molecule has 0 aliphatic carbocycles. The number of halogens is 1. The quantitative estimate of drug-likeness (QED) is 0.375. The van der Waals surface area contributed by atoms with E-state index in [0.29, 0.717) is 12.0 Å². The normalized spacial score (nSPS) is 17.7. The van der Waals surface area contributed by atoms with Crippen molar-refractivity contribution in [2.45, 2.75) is 39.4 Å². The topological polar surface area (TPSA) is 40.1 Å². The van der Waals surface area contributed by atoms with Gasteiger partial charge in [0, 0.05) is 52.3 Å². The molecule has 1 atom stereocenters. The lowest BCUT2D eigenvalue weighted by Gasteiger charge is -2.24. The highest BCUT2D eigenvalue weighted by Crippen LogP contribution is 2.17. The number of hydrogen-bond acceptors (Lipinski definition) is 3. The SMILES string of the molecule is CN=C(NCc1ccccc1CN(C)C(C)C)N1CCC(COC)C1.I. The molecule has 5 nitrogen and oxygen atoms in total. The highest BCUT2D eigenvalue weighted by atomic mass is 127. The van der Waals surface area contributed by atoms with Crippen molar-refractivity contribution in [1.29, 1.82) is 0 Å². The maximum atomic E-state index is 5.30. The zero-order valence-corrected chi connectivity index (χ0v) is 19.2. The Morgan fingerprint density at radius 2 is 2.04 bits per heavy atom. The molecular weight excluding hydrogens is 439 g/mol. The maximum absolute atomic E-state index is 5.30. The van der Waals surface area contributed by atoms with Crippen molar-refractivity contribution in [3.05, 3.63) is 35.4 Å². The van der Waals surface area contributed by atoms with Crippen molar-refractivity contribution in [2.75, 3.05) is 40.9 Å². The van der Waals surface area contributed by atoms with Gasteiger partial charge in [-0.05, 0) is 38.4 Å². The summed E-state index contributed by atoms with van der Waals surface area (Å²) >= 11 is 0. The molecule has 1 heterocycles. The number of rotatable bonds is 7. The van der Waals surface area contributed by atoms with E-state index in [4.69, 9.17) is 4.74 Å². The molecule has 1 aliphatic heterocycles. The Morgan fingerprint density at radius 3 is 2.65 bits per heavy atom. The van der Waals surface area contributed by atoms with Gasteiger partial charge in [-0.15, -0.1) is 24.0 Å². The first kappa shape index (κ1) is 23.2. The molecule has 0 aromatic heterocycles. The summed E-state index contributed by atoms with van der Waals surface area (Å²) in [5.74, 6) is 1.60. The van der Waals surface area contributed by atoms with E-state index >= 15 is 0 Å². The monoisotopic (exact) mass is 474 g/mol. The second kappa shape index (κ2) is 11.8. The van der Waals surface area contributed by atoms with Crippen LogP contribution in [0.3, 0.4) is 0 Å². The van der Waals surface area contributed by atoms with Crippen LogP contribution in [0.15, 0.2) is 29.3 Å². The number of nitrogens with one attached hydrogen (secondary N) is 1. The van der Waals surface area contributed by atoms with Gasteiger partial charge in [0.25, 0.3) is 0 Å². The zero-order chi connectivity index (χ0) is 18.2. The average molecular weight is 474 g/mol. The molecule has 148 valence electrons. The third kappa shape index (κ3) is 6.70. The van der Waals surface area contributed by atoms with E-state index in [1.54, 1.807) is 7.11 Å². The third-order valence-corrected chi connectivity index (χ3v) is 5.06. The minimum absolute atomic E-state index is 0. The highest BCUT2D eigenvalue weighted by molar-refractivity contribution is 14.0. The van der Waals surface area contributed by atoms with E-state index in [1.807, 2.05) is 7.05 Å². The summed E-state index contributed by atoms with van der Waals surface area (Å²) in [5.41, 5.74) is 2.71. The summed E-state index contributed by atoms with van der Waals surface area (Å²) in [6, 6.07) is 9.21. The second-order valence-corrected chi connectivity index (χ2v) is 7.23. The maximum Gasteiger partial charge on any atom is 0.193 e. The molecule has 26 heavy (non-hydrogen) atoms. The van der Waals surface area contributed by atoms with E-state index in [1.165, 1.54) is 17.5 Å². The van der Waals surface area contributed by atoms with Gasteiger partial charge >= 0.3 is 0 Å². The van der Waals surface area contributed by atoms with Crippen LogP contribution in [0.1, 0.15) is 31.4 Å². The molecule has 0 radical (unpaired) electrons. The molecule has 1 aliphatic rings. The van der Waals surface area contributed by atoms with Gasteiger partial charge in [-0.25, -0.2) is 0 Å². The lowest BCUT2D eigenvalue weighted by molar-refractivity contribution is 0.157. The molecule has 1 fully saturated rings. The number of aliphatic imine (C=N–C) groups is 1. The van der Waals surface area contributed by atoms with Crippen molar-refractivity contribution in [3.8, 4) is 0 Å². The molecule has 0 bridgehead atoms. The Kier molecular flexibility index (Phi) is 10.5. The van der Waals surface area contributed by atoms with Gasteiger partial charge in [-0.1, -0.05) is 24.3 Å². The van der Waals surface area contributed by atoms with E-state index in [-0.39, 0.29) is 24.0 Å². The fourth-order valence-corrected chi connectivity index (χ4v) is 3.24. The van der Waals surface area contributed by atoms with Crippen LogP contribution in [0, 0.1) is 5.92 Å². The van der Waals surface area contributed by atoms with Gasteiger partial charge in [0.05, 0.1) is 6.61 Å². The van der Waals surface area contributed by atoms with Crippen molar-refractivity contribution in [3.63, 3.8) is 0 Å². The molecule has 1 aromatic carbocycles. The van der Waals surface area contributed by atoms with Crippen LogP contribution < -0.4 is 5.32 Å². The summed E-state index contributed by atoms with van der Waals surface area (Å²) in [5, 5.41) is 3.55. The molecule has 0 spiro atoms. The van der Waals surface area contributed by atoms with Crippen LogP contribution in [-0.4, -0.2) is 62.7 Å². The predicted octanol–water partition coefficient (Wildman–Crippen LogP) is 3.19. The molecule has 1 unspecified atom stereocenters. The molecule has 1 aromatic rings. The predicted molar refractivity (Wildman–Crippen MR) is 120 cm³/mol. The van der Waals surface area contributed by atoms with Crippen LogP contribution in [0.25, 0.3) is 0 Å². The van der Waals surface area contributed by atoms with Crippen molar-refractivity contribution in [2.24, 2.45) is 10.9 Å². The number of ether oxygens (including phenoxy) is 1. The van der Waals surface area contributed by atoms with E-state index in [0.717, 1.165) is 38.7 Å². The third-order valence-electron chi connectivity index (χ3n) is 5.06. The largest absolute Gasteiger partial charge is 0.384 e. The highest BCUT2D eigenvalue weighted by Gasteiger charge is 2.24. The Bertz CT molecular complexity index is 564. The minimum Gasteiger partial charge on any atom is -0.384 e. The van der Waals surface area contributed by atoms with Crippen LogP contribution in [0.4, 0.5) is 0 Å². The summed E-state index contributed by atoms with van der Waals surface area (Å²) in [7, 11) is 5.82. The summed E-state index contributed by atoms with van der Waals surface area (Å²) in [6.45, 7) is 9.13. The lowest BCUT2D eigenvalue weighted by atomic mass is 10.1. The Morgan fingerprint density at radius 1 is 1.35 bits per heavy atom. The minimum atomic E-state index is 0. The number of benzene rings is 1. The summed E-state index contributed by atoms with van der Waals surface area (Å²) in [6.07, 6.45) is 1.17. The smallest absolute Gasteiger partial charge is 0.193 e. The van der Waals surface area contributed by atoms with Gasteiger partial charge in [0.1, 0.15) is 0 Å². The van der Waals surface area contributed by atoms with Gasteiger partial charge in [0.2, 0.25) is 0 Å². The van der Waals surface area contributed by atoms with Gasteiger partial charge in [-0.3, -0.25) is 9.89 Å². The van der Waals surface area contributed by atoms with Crippen molar-refractivity contribution >= 4 is 29.9 Å². The van der Waals surface area contributed by atoms with Gasteiger partial charge in [-0.2, -0.15) is 0 Å². The second-order valence-electron chi connectivity index (χ2n) is 7.23. The fourth-order valence-electron chi connectivity index (χ4n) is 3.24. The van der Waals surface area contributed by atoms with Gasteiger partial charge < -0.3 is 15.0 Å². The standard InChI is InChI=1S/C20H34N4O.HI/c1-16(2)23(4)14-19-9-7-6-8-18(19)12-22-20(21-3)24-11-10-17(13-24)15-25-5;/h6-9,16-17H,10-15H2,1-5H3,(H,21,22);1H. The molecular formula is C20H35IN4O. The first-order valence-corrected chi connectivity index (χ1v) is 9.26. The first-order chi connectivity index (χ1) is 12.0. The van der Waals surface area contributed by atoms with E-state index < -0.39 is 0 Å². The van der Waals surface area contributed by atoms with Crippen LogP contribution in [0.2, 0.25) is 0 Å². The Labute approximate surface area is 176 Å². The number of guanidine groups is 1. The van der Waals surface area contributed by atoms with Crippen LogP contribution >= 0.6 is 24.0 Å². The molecule has 0 amide bonds. The van der Waals surface area contributed by atoms with Crippen molar-refractivity contribution in [1.82, 2.24) is 15.1 Å². The Balaban J connectivity index is 0.00000338. The van der Waals surface area contributed by atoms with Crippen LogP contribution in [-0.2, 0) is 17.8 Å². The average Bonchev–Trinajstić information content (AvgIpc) is 3.05. The van der Waals surface area contributed by atoms with Crippen LogP contribution in [0.5, 0.6) is 0 Å². The molecule has 2 rings (SSSR count). The number of nitrogens with zero attached hydrogens (tertiary/aromatic N) is 3. The number of likely N-dealkylation sites (tertiary alicyclic amines) is 1. The van der Waals surface area contributed by atoms with Crippen molar-refractivity contribution < 1.29 is 4.74 Å². The molecule has 0 saturated carbocycles. The molecule has 1 N–H and O–H groups in total. The molecule has 1 saturated heterocycles. The number of methoxy groups -OCH3 is 1.